The number of hydrogen-bond acceptors (Lipinski definition) is 4. The van der Waals surface area contributed by atoms with Gasteiger partial charge in [-0.3, -0.25) is 4.79 Å². The molecule has 1 aromatic heterocycles. The highest BCUT2D eigenvalue weighted by Gasteiger charge is 2.44. The molecule has 2 N–H and O–H groups in total. The van der Waals surface area contributed by atoms with Gasteiger partial charge in [0, 0.05) is 18.1 Å². The molecule has 1 aliphatic rings. The number of carboxylic acids is 1. The van der Waals surface area contributed by atoms with E-state index < -0.39 is 11.4 Å². The lowest BCUT2D eigenvalue weighted by Gasteiger charge is -2.37. The summed E-state index contributed by atoms with van der Waals surface area (Å²) in [6, 6.07) is 7.68. The topological polar surface area (TPSA) is 71.5 Å². The van der Waals surface area contributed by atoms with E-state index >= 15 is 0 Å². The summed E-state index contributed by atoms with van der Waals surface area (Å²) in [5.74, 6) is 0.798. The van der Waals surface area contributed by atoms with Crippen LogP contribution in [0.2, 0.25) is 0 Å². The number of anilines is 1. The zero-order valence-corrected chi connectivity index (χ0v) is 11.9. The van der Waals surface area contributed by atoms with Crippen LogP contribution in [-0.2, 0) is 4.79 Å². The van der Waals surface area contributed by atoms with Gasteiger partial charge in [-0.1, -0.05) is 6.42 Å². The highest BCUT2D eigenvalue weighted by atomic mass is 16.5. The van der Waals surface area contributed by atoms with Crippen LogP contribution < -0.4 is 10.1 Å². The fourth-order valence-corrected chi connectivity index (χ4v) is 2.75. The number of benzene rings is 1. The fourth-order valence-electron chi connectivity index (χ4n) is 2.75. The normalized spacial score (nSPS) is 16.2. The van der Waals surface area contributed by atoms with Crippen molar-refractivity contribution in [2.75, 3.05) is 19.0 Å². The minimum absolute atomic E-state index is 0.417. The second-order valence-corrected chi connectivity index (χ2v) is 5.54. The summed E-state index contributed by atoms with van der Waals surface area (Å²) >= 11 is 0. The summed E-state index contributed by atoms with van der Waals surface area (Å²) in [7, 11) is 1.63. The number of nitrogens with one attached hydrogen (secondary N) is 1. The SMILES string of the molecule is COc1ccc2c(NCC3(C(=O)O)CCC3)nccc2c1. The lowest BCUT2D eigenvalue weighted by molar-refractivity contribution is -0.153. The van der Waals surface area contributed by atoms with Gasteiger partial charge in [0.15, 0.2) is 0 Å². The van der Waals surface area contributed by atoms with Gasteiger partial charge in [0.25, 0.3) is 0 Å². The number of carbonyl (C=O) groups is 1. The van der Waals surface area contributed by atoms with Crippen molar-refractivity contribution in [1.82, 2.24) is 4.98 Å². The molecular formula is C16H18N2O3. The van der Waals surface area contributed by atoms with E-state index in [1.54, 1.807) is 13.3 Å². The Morgan fingerprint density at radius 1 is 1.43 bits per heavy atom. The van der Waals surface area contributed by atoms with Crippen molar-refractivity contribution >= 4 is 22.6 Å². The third-order valence-electron chi connectivity index (χ3n) is 4.33. The molecule has 0 spiro atoms. The lowest BCUT2D eigenvalue weighted by atomic mass is 9.69. The smallest absolute Gasteiger partial charge is 0.311 e. The Morgan fingerprint density at radius 3 is 2.86 bits per heavy atom. The van der Waals surface area contributed by atoms with Crippen LogP contribution in [-0.4, -0.2) is 29.7 Å². The number of carboxylic acid groups (broad SMARTS) is 1. The van der Waals surface area contributed by atoms with E-state index in [0.717, 1.165) is 41.6 Å². The van der Waals surface area contributed by atoms with Crippen molar-refractivity contribution in [2.24, 2.45) is 5.41 Å². The summed E-state index contributed by atoms with van der Waals surface area (Å²) in [4.78, 5) is 15.7. The maximum Gasteiger partial charge on any atom is 0.311 e. The Balaban J connectivity index is 1.85. The van der Waals surface area contributed by atoms with E-state index in [0.29, 0.717) is 6.54 Å². The third kappa shape index (κ3) is 2.39. The van der Waals surface area contributed by atoms with Crippen molar-refractivity contribution in [3.05, 3.63) is 30.5 Å². The van der Waals surface area contributed by atoms with Gasteiger partial charge in [-0.15, -0.1) is 0 Å². The van der Waals surface area contributed by atoms with E-state index in [1.807, 2.05) is 24.3 Å². The molecule has 3 rings (SSSR count). The van der Waals surface area contributed by atoms with Crippen LogP contribution in [0.4, 0.5) is 5.82 Å². The van der Waals surface area contributed by atoms with Gasteiger partial charge in [0.2, 0.25) is 0 Å². The van der Waals surface area contributed by atoms with Crippen molar-refractivity contribution < 1.29 is 14.6 Å². The monoisotopic (exact) mass is 286 g/mol. The molecule has 110 valence electrons. The molecule has 1 aliphatic carbocycles. The molecule has 1 heterocycles. The van der Waals surface area contributed by atoms with Gasteiger partial charge < -0.3 is 15.2 Å². The average molecular weight is 286 g/mol. The summed E-state index contributed by atoms with van der Waals surface area (Å²) in [6.07, 6.45) is 4.16. The number of aromatic nitrogens is 1. The third-order valence-corrected chi connectivity index (χ3v) is 4.33. The molecule has 0 bridgehead atoms. The fraction of sp³-hybridized carbons (Fsp3) is 0.375. The zero-order valence-electron chi connectivity index (χ0n) is 11.9. The van der Waals surface area contributed by atoms with Crippen LogP contribution >= 0.6 is 0 Å². The van der Waals surface area contributed by atoms with Crippen molar-refractivity contribution in [3.8, 4) is 5.75 Å². The van der Waals surface area contributed by atoms with Gasteiger partial charge in [-0.25, -0.2) is 4.98 Å². The van der Waals surface area contributed by atoms with E-state index in [-0.39, 0.29) is 0 Å². The number of pyridine rings is 1. The first kappa shape index (κ1) is 13.7. The molecule has 5 heteroatoms. The number of fused-ring (bicyclic) bond motifs is 1. The Morgan fingerprint density at radius 2 is 2.24 bits per heavy atom. The van der Waals surface area contributed by atoms with Crippen LogP contribution in [0.15, 0.2) is 30.5 Å². The standard InChI is InChI=1S/C16H18N2O3/c1-21-12-3-4-13-11(9-12)5-8-17-14(13)18-10-16(15(19)20)6-2-7-16/h3-5,8-9H,2,6-7,10H2,1H3,(H,17,18)(H,19,20). The van der Waals surface area contributed by atoms with E-state index in [9.17, 15) is 9.90 Å². The summed E-state index contributed by atoms with van der Waals surface area (Å²) < 4.78 is 5.22. The first-order chi connectivity index (χ1) is 10.1. The number of hydrogen-bond donors (Lipinski definition) is 2. The van der Waals surface area contributed by atoms with Crippen molar-refractivity contribution in [2.45, 2.75) is 19.3 Å². The van der Waals surface area contributed by atoms with E-state index in [4.69, 9.17) is 4.74 Å². The number of nitrogens with zero attached hydrogens (tertiary/aromatic N) is 1. The summed E-state index contributed by atoms with van der Waals surface area (Å²) in [6.45, 7) is 0.417. The van der Waals surface area contributed by atoms with Crippen LogP contribution in [0.25, 0.3) is 10.8 Å². The zero-order chi connectivity index (χ0) is 14.9. The van der Waals surface area contributed by atoms with Gasteiger partial charge in [-0.05, 0) is 42.5 Å². The number of rotatable bonds is 5. The average Bonchev–Trinajstić information content (AvgIpc) is 2.45. The van der Waals surface area contributed by atoms with Crippen LogP contribution in [0, 0.1) is 5.41 Å². The molecule has 2 aromatic rings. The molecule has 0 amide bonds. The van der Waals surface area contributed by atoms with E-state index in [1.165, 1.54) is 0 Å². The molecule has 0 unspecified atom stereocenters. The molecule has 0 radical (unpaired) electrons. The maximum atomic E-state index is 11.4. The van der Waals surface area contributed by atoms with Gasteiger partial charge in [0.1, 0.15) is 11.6 Å². The quantitative estimate of drug-likeness (QED) is 0.884. The second kappa shape index (κ2) is 5.24. The number of ether oxygens (including phenoxy) is 1. The van der Waals surface area contributed by atoms with Crippen LogP contribution in [0.3, 0.4) is 0 Å². The first-order valence-corrected chi connectivity index (χ1v) is 7.05. The number of aliphatic carboxylic acids is 1. The Kier molecular flexibility index (Phi) is 3.41. The predicted molar refractivity (Wildman–Crippen MR) is 80.7 cm³/mol. The second-order valence-electron chi connectivity index (χ2n) is 5.54. The largest absolute Gasteiger partial charge is 0.497 e. The molecule has 1 fully saturated rings. The summed E-state index contributed by atoms with van der Waals surface area (Å²) in [5, 5.41) is 14.6. The Hall–Kier alpha value is -2.30. The van der Waals surface area contributed by atoms with Crippen LogP contribution in [0.1, 0.15) is 19.3 Å². The van der Waals surface area contributed by atoms with Gasteiger partial charge in [-0.2, -0.15) is 0 Å². The van der Waals surface area contributed by atoms with Gasteiger partial charge in [0.05, 0.1) is 12.5 Å². The highest BCUT2D eigenvalue weighted by molar-refractivity contribution is 5.92. The van der Waals surface area contributed by atoms with E-state index in [2.05, 4.69) is 10.3 Å². The predicted octanol–water partition coefficient (Wildman–Crippen LogP) is 2.91. The number of methoxy groups -OCH3 is 1. The first-order valence-electron chi connectivity index (χ1n) is 7.05. The minimum Gasteiger partial charge on any atom is -0.497 e. The molecule has 21 heavy (non-hydrogen) atoms. The minimum atomic E-state index is -0.719. The van der Waals surface area contributed by atoms with Gasteiger partial charge >= 0.3 is 5.97 Å². The molecule has 5 nitrogen and oxygen atoms in total. The molecule has 1 saturated carbocycles. The van der Waals surface area contributed by atoms with Crippen molar-refractivity contribution in [1.29, 1.82) is 0 Å². The Bertz CT molecular complexity index is 680. The van der Waals surface area contributed by atoms with Crippen molar-refractivity contribution in [3.63, 3.8) is 0 Å². The maximum absolute atomic E-state index is 11.4. The van der Waals surface area contributed by atoms with Crippen LogP contribution in [0.5, 0.6) is 5.75 Å². The highest BCUT2D eigenvalue weighted by Crippen LogP contribution is 2.41. The molecule has 0 aliphatic heterocycles. The molecular weight excluding hydrogens is 268 g/mol. The lowest BCUT2D eigenvalue weighted by Crippen LogP contribution is -2.43. The Labute approximate surface area is 123 Å². The summed E-state index contributed by atoms with van der Waals surface area (Å²) in [5.41, 5.74) is -0.629. The molecule has 1 aromatic carbocycles. The molecule has 0 atom stereocenters. The molecule has 0 saturated heterocycles.